The fraction of sp³-hybridized carbons (Fsp3) is 0.182. The van der Waals surface area contributed by atoms with Crippen LogP contribution in [0.15, 0.2) is 40.5 Å². The van der Waals surface area contributed by atoms with E-state index in [1.165, 1.54) is 6.33 Å². The van der Waals surface area contributed by atoms with Gasteiger partial charge in [0.1, 0.15) is 24.0 Å². The molecular formula is C11H11N5O2S. The number of nitrogens with zero attached hydrogens (tertiary/aromatic N) is 3. The largest absolute Gasteiger partial charge is 0.263 e. The minimum atomic E-state index is -3.50. The van der Waals surface area contributed by atoms with Gasteiger partial charge < -0.3 is 0 Å². The molecule has 2 aromatic rings. The molecule has 1 aromatic heterocycles. The van der Waals surface area contributed by atoms with Gasteiger partial charge in [0.2, 0.25) is 0 Å². The first-order chi connectivity index (χ1) is 9.08. The van der Waals surface area contributed by atoms with Gasteiger partial charge in [0.15, 0.2) is 0 Å². The molecule has 0 saturated heterocycles. The van der Waals surface area contributed by atoms with E-state index in [9.17, 15) is 8.42 Å². The molecule has 0 amide bonds. The normalized spacial score (nSPS) is 19.9. The van der Waals surface area contributed by atoms with E-state index in [2.05, 4.69) is 24.9 Å². The predicted octanol–water partition coefficient (Wildman–Crippen LogP) is 0.604. The number of benzene rings is 1. The average Bonchev–Trinajstić information content (AvgIpc) is 2.98. The van der Waals surface area contributed by atoms with Crippen LogP contribution in [0.4, 0.5) is 0 Å². The highest BCUT2D eigenvalue weighted by atomic mass is 32.2. The second kappa shape index (κ2) is 4.16. The molecule has 0 radical (unpaired) electrons. The van der Waals surface area contributed by atoms with Crippen LogP contribution in [-0.4, -0.2) is 29.4 Å². The number of hydrogen-bond donors (Lipinski definition) is 2. The predicted molar refractivity (Wildman–Crippen MR) is 68.1 cm³/mol. The van der Waals surface area contributed by atoms with E-state index >= 15 is 0 Å². The molecule has 0 spiro atoms. The number of hydrogen-bond acceptors (Lipinski definition) is 5. The molecule has 2 N–H and O–H groups in total. The first-order valence-corrected chi connectivity index (χ1v) is 7.11. The van der Waals surface area contributed by atoms with Crippen LogP contribution in [0.2, 0.25) is 0 Å². The lowest BCUT2D eigenvalue weighted by atomic mass is 10.2. The summed E-state index contributed by atoms with van der Waals surface area (Å²) in [4.78, 5) is 8.60. The van der Waals surface area contributed by atoms with Crippen molar-refractivity contribution >= 4 is 15.9 Å². The van der Waals surface area contributed by atoms with Crippen LogP contribution in [-0.2, 0) is 10.0 Å². The number of aromatic nitrogens is 3. The zero-order valence-electron chi connectivity index (χ0n) is 10.0. The monoisotopic (exact) mass is 277 g/mol. The highest BCUT2D eigenvalue weighted by molar-refractivity contribution is 7.90. The summed E-state index contributed by atoms with van der Waals surface area (Å²) in [6, 6.07) is 6.42. The van der Waals surface area contributed by atoms with Crippen molar-refractivity contribution in [1.82, 2.24) is 19.9 Å². The third-order valence-corrected chi connectivity index (χ3v) is 4.21. The fourth-order valence-electron chi connectivity index (χ4n) is 1.90. The maximum atomic E-state index is 11.9. The van der Waals surface area contributed by atoms with Crippen LogP contribution in [0.5, 0.6) is 0 Å². The molecule has 1 aliphatic rings. The topological polar surface area (TPSA) is 100 Å². The summed E-state index contributed by atoms with van der Waals surface area (Å²) in [5, 5.41) is 6.46. The summed E-state index contributed by atoms with van der Waals surface area (Å²) in [5.74, 6) is 0.913. The Bertz CT molecular complexity index is 736. The lowest BCUT2D eigenvalue weighted by molar-refractivity contribution is 0.595. The summed E-state index contributed by atoms with van der Waals surface area (Å²) in [6.07, 6.45) is 1.39. The number of rotatable bonds is 2. The molecule has 1 unspecified atom stereocenters. The molecule has 3 rings (SSSR count). The van der Waals surface area contributed by atoms with Gasteiger partial charge >= 0.3 is 0 Å². The van der Waals surface area contributed by atoms with Gasteiger partial charge in [-0.3, -0.25) is 14.8 Å². The van der Waals surface area contributed by atoms with Crippen LogP contribution in [0.1, 0.15) is 24.4 Å². The fourth-order valence-corrected chi connectivity index (χ4v) is 3.14. The summed E-state index contributed by atoms with van der Waals surface area (Å²) < 4.78 is 26.3. The van der Waals surface area contributed by atoms with E-state index in [4.69, 9.17) is 0 Å². The maximum Gasteiger partial charge on any atom is 0.263 e. The minimum Gasteiger partial charge on any atom is -0.263 e. The Morgan fingerprint density at radius 2 is 2.11 bits per heavy atom. The Labute approximate surface area is 109 Å². The maximum absolute atomic E-state index is 11.9. The van der Waals surface area contributed by atoms with Crippen molar-refractivity contribution in [2.45, 2.75) is 17.9 Å². The number of aliphatic imine (C=N–C) groups is 1. The molecule has 0 saturated carbocycles. The van der Waals surface area contributed by atoms with Crippen molar-refractivity contribution < 1.29 is 8.42 Å². The molecule has 0 aliphatic carbocycles. The first-order valence-electron chi connectivity index (χ1n) is 5.63. The molecule has 7 nitrogen and oxygen atoms in total. The second-order valence-electron chi connectivity index (χ2n) is 4.13. The minimum absolute atomic E-state index is 0.249. The van der Waals surface area contributed by atoms with Crippen molar-refractivity contribution in [2.24, 2.45) is 4.99 Å². The Balaban J connectivity index is 2.05. The first kappa shape index (κ1) is 11.8. The number of sulfonamides is 1. The van der Waals surface area contributed by atoms with Crippen molar-refractivity contribution in [3.8, 4) is 0 Å². The Morgan fingerprint density at radius 3 is 2.84 bits per heavy atom. The highest BCUT2D eigenvalue weighted by Gasteiger charge is 2.30. The molecule has 98 valence electrons. The molecular weight excluding hydrogens is 266 g/mol. The van der Waals surface area contributed by atoms with Crippen LogP contribution < -0.4 is 4.72 Å². The van der Waals surface area contributed by atoms with Gasteiger partial charge in [-0.2, -0.15) is 5.10 Å². The molecule has 2 heterocycles. The van der Waals surface area contributed by atoms with E-state index in [1.807, 2.05) is 6.92 Å². The third kappa shape index (κ3) is 1.99. The number of H-pyrrole nitrogens is 1. The van der Waals surface area contributed by atoms with Crippen LogP contribution in [0, 0.1) is 0 Å². The van der Waals surface area contributed by atoms with Gasteiger partial charge in [-0.25, -0.2) is 13.4 Å². The lowest BCUT2D eigenvalue weighted by Gasteiger charge is -2.04. The van der Waals surface area contributed by atoms with Crippen molar-refractivity contribution in [3.63, 3.8) is 0 Å². The van der Waals surface area contributed by atoms with E-state index in [1.54, 1.807) is 24.3 Å². The molecule has 0 bridgehead atoms. The van der Waals surface area contributed by atoms with Gasteiger partial charge in [0.25, 0.3) is 10.0 Å². The van der Waals surface area contributed by atoms with Crippen molar-refractivity contribution in [1.29, 1.82) is 0 Å². The molecule has 19 heavy (non-hydrogen) atoms. The van der Waals surface area contributed by atoms with E-state index in [0.29, 0.717) is 17.2 Å². The quantitative estimate of drug-likeness (QED) is 0.839. The molecule has 1 atom stereocenters. The third-order valence-electron chi connectivity index (χ3n) is 2.81. The van der Waals surface area contributed by atoms with E-state index < -0.39 is 10.0 Å². The van der Waals surface area contributed by atoms with Gasteiger partial charge in [0, 0.05) is 5.56 Å². The van der Waals surface area contributed by atoms with Crippen LogP contribution in [0.25, 0.3) is 0 Å². The Kier molecular flexibility index (Phi) is 2.59. The van der Waals surface area contributed by atoms with Gasteiger partial charge in [-0.15, -0.1) is 0 Å². The zero-order chi connectivity index (χ0) is 13.5. The highest BCUT2D eigenvalue weighted by Crippen LogP contribution is 2.24. The number of amidine groups is 1. The molecule has 8 heteroatoms. The summed E-state index contributed by atoms with van der Waals surface area (Å²) in [7, 11) is -3.50. The van der Waals surface area contributed by atoms with Gasteiger partial charge in [-0.05, 0) is 19.1 Å². The Morgan fingerprint density at radius 1 is 1.32 bits per heavy atom. The second-order valence-corrected chi connectivity index (χ2v) is 5.78. The van der Waals surface area contributed by atoms with Crippen LogP contribution in [0.3, 0.4) is 0 Å². The van der Waals surface area contributed by atoms with Crippen molar-refractivity contribution in [3.05, 3.63) is 42.0 Å². The van der Waals surface area contributed by atoms with Crippen LogP contribution >= 0.6 is 0 Å². The summed E-state index contributed by atoms with van der Waals surface area (Å²) in [5.41, 5.74) is 0.578. The van der Waals surface area contributed by atoms with Gasteiger partial charge in [-0.1, -0.05) is 12.1 Å². The molecule has 1 aliphatic heterocycles. The van der Waals surface area contributed by atoms with Crippen molar-refractivity contribution in [2.75, 3.05) is 0 Å². The number of nitrogens with one attached hydrogen (secondary N) is 2. The zero-order valence-corrected chi connectivity index (χ0v) is 10.8. The molecule has 1 aromatic carbocycles. The average molecular weight is 277 g/mol. The lowest BCUT2D eigenvalue weighted by Crippen LogP contribution is -2.22. The smallest absolute Gasteiger partial charge is 0.263 e. The Hall–Kier alpha value is -2.22. The SMILES string of the molecule is CC(N=C1NS(=O)(=O)c2ccccc21)c1ncn[nH]1. The standard InChI is InChI=1S/C11H11N5O2S/c1-7(10-12-6-13-15-10)14-11-8-4-2-3-5-9(8)19(17,18)16-11/h2-7H,1H3,(H,14,16)(H,12,13,15). The number of aromatic amines is 1. The van der Waals surface area contributed by atoms with Gasteiger partial charge in [0.05, 0.1) is 4.90 Å². The molecule has 0 fully saturated rings. The van der Waals surface area contributed by atoms with E-state index in [0.717, 1.165) is 0 Å². The number of fused-ring (bicyclic) bond motifs is 1. The summed E-state index contributed by atoms with van der Waals surface area (Å²) >= 11 is 0. The summed E-state index contributed by atoms with van der Waals surface area (Å²) in [6.45, 7) is 1.81. The van der Waals surface area contributed by atoms with E-state index in [-0.39, 0.29) is 10.9 Å².